The number of fused-ring (bicyclic) bond motifs is 1. The van der Waals surface area contributed by atoms with Crippen LogP contribution in [0.4, 0.5) is 0 Å². The number of hydrogen-bond donors (Lipinski definition) is 1. The molecule has 0 saturated carbocycles. The van der Waals surface area contributed by atoms with Gasteiger partial charge in [-0.2, -0.15) is 0 Å². The fourth-order valence-electron chi connectivity index (χ4n) is 1.07. The summed E-state index contributed by atoms with van der Waals surface area (Å²) in [6.07, 6.45) is 1.64. The summed E-state index contributed by atoms with van der Waals surface area (Å²) in [4.78, 5) is 13.7. The maximum atomic E-state index is 11.1. The van der Waals surface area contributed by atoms with Gasteiger partial charge in [0.25, 0.3) is 5.56 Å². The van der Waals surface area contributed by atoms with Crippen molar-refractivity contribution in [2.75, 3.05) is 0 Å². The topological polar surface area (TPSA) is 32.9 Å². The molecule has 0 bridgehead atoms. The van der Waals surface area contributed by atoms with Crippen molar-refractivity contribution in [2.24, 2.45) is 0 Å². The molecule has 0 aliphatic rings. The van der Waals surface area contributed by atoms with Crippen LogP contribution >= 0.6 is 0 Å². The molecular formula is C9H6NO. The first-order valence-corrected chi connectivity index (χ1v) is 3.35. The van der Waals surface area contributed by atoms with Crippen molar-refractivity contribution in [1.82, 2.24) is 4.98 Å². The Balaban J connectivity index is 3.03. The number of nitrogens with one attached hydrogen (secondary N) is 1. The molecule has 0 amide bonds. The minimum Gasteiger partial charge on any atom is -0.329 e. The molecule has 2 heteroatoms. The van der Waals surface area contributed by atoms with Gasteiger partial charge in [-0.05, 0) is 29.7 Å². The van der Waals surface area contributed by atoms with Crippen LogP contribution in [0.2, 0.25) is 0 Å². The standard InChI is InChI=1S/C9H6NO/c11-9-8-4-2-1-3-7(8)5-6-10-9/h2-6H,(H,10,11). The second kappa shape index (κ2) is 2.23. The normalized spacial score (nSPS) is 10.2. The van der Waals surface area contributed by atoms with Crippen molar-refractivity contribution in [3.8, 4) is 0 Å². The van der Waals surface area contributed by atoms with Crippen molar-refractivity contribution < 1.29 is 0 Å². The molecule has 0 fully saturated rings. The second-order valence-electron chi connectivity index (χ2n) is 2.32. The zero-order valence-electron chi connectivity index (χ0n) is 5.79. The molecule has 0 saturated heterocycles. The summed E-state index contributed by atoms with van der Waals surface area (Å²) in [6.45, 7) is 0. The summed E-state index contributed by atoms with van der Waals surface area (Å²) in [7, 11) is 0. The molecule has 2 aromatic rings. The molecule has 0 aliphatic heterocycles. The third-order valence-electron chi connectivity index (χ3n) is 1.62. The van der Waals surface area contributed by atoms with E-state index in [1.54, 1.807) is 24.4 Å². The Morgan fingerprint density at radius 2 is 2.27 bits per heavy atom. The number of H-pyrrole nitrogens is 1. The van der Waals surface area contributed by atoms with E-state index in [9.17, 15) is 4.79 Å². The van der Waals surface area contributed by atoms with Gasteiger partial charge in [0.2, 0.25) is 0 Å². The van der Waals surface area contributed by atoms with Crippen LogP contribution in [0.1, 0.15) is 0 Å². The van der Waals surface area contributed by atoms with Crippen molar-refractivity contribution in [2.45, 2.75) is 0 Å². The van der Waals surface area contributed by atoms with Crippen LogP contribution in [0.3, 0.4) is 0 Å². The Hall–Kier alpha value is -1.57. The molecule has 2 rings (SSSR count). The van der Waals surface area contributed by atoms with Crippen molar-refractivity contribution in [1.29, 1.82) is 0 Å². The third kappa shape index (κ3) is 0.923. The summed E-state index contributed by atoms with van der Waals surface area (Å²) < 4.78 is 0. The van der Waals surface area contributed by atoms with E-state index in [0.29, 0.717) is 5.39 Å². The molecule has 1 aromatic carbocycles. The Morgan fingerprint density at radius 1 is 1.36 bits per heavy atom. The number of benzene rings is 1. The molecule has 0 atom stereocenters. The average molecular weight is 144 g/mol. The fourth-order valence-corrected chi connectivity index (χ4v) is 1.07. The number of aromatic nitrogens is 1. The Morgan fingerprint density at radius 3 is 3.09 bits per heavy atom. The summed E-state index contributed by atoms with van der Waals surface area (Å²) in [5, 5.41) is 1.64. The first kappa shape index (κ1) is 6.16. The second-order valence-corrected chi connectivity index (χ2v) is 2.32. The number of hydrogen-bond acceptors (Lipinski definition) is 1. The summed E-state index contributed by atoms with van der Waals surface area (Å²) >= 11 is 0. The van der Waals surface area contributed by atoms with Gasteiger partial charge >= 0.3 is 0 Å². The van der Waals surface area contributed by atoms with Gasteiger partial charge in [-0.1, -0.05) is 6.07 Å². The molecule has 0 spiro atoms. The lowest BCUT2D eigenvalue weighted by molar-refractivity contribution is 1.28. The lowest BCUT2D eigenvalue weighted by Crippen LogP contribution is -2.03. The Labute approximate surface area is 63.5 Å². The molecular weight excluding hydrogens is 138 g/mol. The van der Waals surface area contributed by atoms with E-state index in [4.69, 9.17) is 0 Å². The van der Waals surface area contributed by atoms with E-state index < -0.39 is 0 Å². The van der Waals surface area contributed by atoms with E-state index in [1.807, 2.05) is 6.07 Å². The van der Waals surface area contributed by atoms with Gasteiger partial charge in [0.15, 0.2) is 0 Å². The first-order chi connectivity index (χ1) is 5.38. The highest BCUT2D eigenvalue weighted by Crippen LogP contribution is 2.05. The molecule has 1 radical (unpaired) electrons. The lowest BCUT2D eigenvalue weighted by atomic mass is 10.2. The van der Waals surface area contributed by atoms with E-state index in [1.165, 1.54) is 0 Å². The lowest BCUT2D eigenvalue weighted by Gasteiger charge is -1.91. The monoisotopic (exact) mass is 144 g/mol. The van der Waals surface area contributed by atoms with Crippen molar-refractivity contribution >= 4 is 10.8 Å². The van der Waals surface area contributed by atoms with Crippen LogP contribution in [-0.4, -0.2) is 4.98 Å². The maximum absolute atomic E-state index is 11.1. The molecule has 1 N–H and O–H groups in total. The molecule has 0 aliphatic carbocycles. The molecule has 2 nitrogen and oxygen atoms in total. The molecule has 0 unspecified atom stereocenters. The van der Waals surface area contributed by atoms with E-state index in [0.717, 1.165) is 5.39 Å². The predicted molar refractivity (Wildman–Crippen MR) is 43.4 cm³/mol. The highest BCUT2D eigenvalue weighted by Gasteiger charge is 1.92. The molecule has 1 aromatic heterocycles. The summed E-state index contributed by atoms with van der Waals surface area (Å²) in [5.41, 5.74) is -0.0449. The molecule has 11 heavy (non-hydrogen) atoms. The Kier molecular flexibility index (Phi) is 1.25. The largest absolute Gasteiger partial charge is 0.329 e. The van der Waals surface area contributed by atoms with Gasteiger partial charge in [0.05, 0.1) is 0 Å². The van der Waals surface area contributed by atoms with Crippen LogP contribution in [0.25, 0.3) is 10.8 Å². The molecule has 1 heterocycles. The minimum atomic E-state index is -0.0449. The van der Waals surface area contributed by atoms with Crippen molar-refractivity contribution in [3.63, 3.8) is 0 Å². The van der Waals surface area contributed by atoms with Gasteiger partial charge in [-0.25, -0.2) is 0 Å². The average Bonchev–Trinajstić information content (AvgIpc) is 2.06. The van der Waals surface area contributed by atoms with Crippen molar-refractivity contribution in [3.05, 3.63) is 46.9 Å². The van der Waals surface area contributed by atoms with Gasteiger partial charge in [-0.3, -0.25) is 4.79 Å². The predicted octanol–water partition coefficient (Wildman–Crippen LogP) is 1.33. The summed E-state index contributed by atoms with van der Waals surface area (Å²) in [5.74, 6) is 0. The smallest absolute Gasteiger partial charge is 0.255 e. The van der Waals surface area contributed by atoms with Gasteiger partial charge < -0.3 is 4.98 Å². The van der Waals surface area contributed by atoms with Gasteiger partial charge in [-0.15, -0.1) is 0 Å². The van der Waals surface area contributed by atoms with Gasteiger partial charge in [0, 0.05) is 11.6 Å². The van der Waals surface area contributed by atoms with E-state index in [-0.39, 0.29) is 5.56 Å². The van der Waals surface area contributed by atoms with Crippen LogP contribution < -0.4 is 5.56 Å². The van der Waals surface area contributed by atoms with Gasteiger partial charge in [0.1, 0.15) is 0 Å². The highest BCUT2D eigenvalue weighted by molar-refractivity contribution is 5.80. The SMILES string of the molecule is O=c1[nH]ccc2c[c]ccc12. The fraction of sp³-hybridized carbons (Fsp3) is 0. The third-order valence-corrected chi connectivity index (χ3v) is 1.62. The molecule has 53 valence electrons. The zero-order valence-corrected chi connectivity index (χ0v) is 5.79. The highest BCUT2D eigenvalue weighted by atomic mass is 16.1. The van der Waals surface area contributed by atoms with Crippen LogP contribution in [-0.2, 0) is 0 Å². The quantitative estimate of drug-likeness (QED) is 0.594. The Bertz CT molecular complexity index is 425. The number of rotatable bonds is 0. The van der Waals surface area contributed by atoms with Crippen LogP contribution in [0.15, 0.2) is 35.3 Å². The maximum Gasteiger partial charge on any atom is 0.255 e. The number of pyridine rings is 1. The zero-order chi connectivity index (χ0) is 7.68. The van der Waals surface area contributed by atoms with E-state index in [2.05, 4.69) is 11.1 Å². The van der Waals surface area contributed by atoms with Crippen LogP contribution in [0, 0.1) is 6.07 Å². The minimum absolute atomic E-state index is 0.0449. The number of aromatic amines is 1. The summed E-state index contributed by atoms with van der Waals surface area (Å²) in [6, 6.07) is 10.1. The first-order valence-electron chi connectivity index (χ1n) is 3.35. The van der Waals surface area contributed by atoms with E-state index >= 15 is 0 Å². The van der Waals surface area contributed by atoms with Crippen LogP contribution in [0.5, 0.6) is 0 Å².